The molecule has 0 saturated carbocycles. The van der Waals surface area contributed by atoms with Gasteiger partial charge in [-0.1, -0.05) is 11.6 Å². The van der Waals surface area contributed by atoms with Crippen LogP contribution in [0.15, 0.2) is 22.9 Å². The number of carbonyl (C=O) groups excluding carboxylic acids is 1. The molecule has 0 aliphatic heterocycles. The fourth-order valence-electron chi connectivity index (χ4n) is 3.21. The fraction of sp³-hybridized carbons (Fsp3) is 0.438. The monoisotopic (exact) mass is 476 g/mol. The highest BCUT2D eigenvalue weighted by molar-refractivity contribution is 9.10. The summed E-state index contributed by atoms with van der Waals surface area (Å²) in [5.41, 5.74) is 2.15. The van der Waals surface area contributed by atoms with Gasteiger partial charge in [0.05, 0.1) is 35.2 Å². The molecule has 0 spiro atoms. The molecule has 0 saturated heterocycles. The van der Waals surface area contributed by atoms with Crippen LogP contribution in [0.3, 0.4) is 0 Å². The Morgan fingerprint density at radius 1 is 1.56 bits per heavy atom. The van der Waals surface area contributed by atoms with Gasteiger partial charge in [0.1, 0.15) is 11.7 Å². The summed E-state index contributed by atoms with van der Waals surface area (Å²) in [4.78, 5) is 15.8. The molecule has 8 nitrogen and oxygen atoms in total. The average molecular weight is 478 g/mol. The van der Waals surface area contributed by atoms with E-state index in [2.05, 4.69) is 26.0 Å². The zero-order chi connectivity index (χ0) is 19.6. The molecule has 27 heavy (non-hydrogen) atoms. The van der Waals surface area contributed by atoms with E-state index in [4.69, 9.17) is 16.3 Å². The lowest BCUT2D eigenvalue weighted by atomic mass is 9.92. The standard InChI is InChI=1S/C16H18BrClN4O4S/c1-2-26-15(23)9-21-13-4-3-5-14(11(13)8-20-21)22(27(24)25)10-6-12(17)16(18)19-7-10/h6-8,14H,2-5,9H2,1H3,(H,24,25). The lowest BCUT2D eigenvalue weighted by Gasteiger charge is -2.32. The minimum absolute atomic E-state index is 0.0200. The molecular weight excluding hydrogens is 460 g/mol. The average Bonchev–Trinajstić information content (AvgIpc) is 3.02. The number of rotatable bonds is 6. The van der Waals surface area contributed by atoms with Gasteiger partial charge < -0.3 is 4.74 Å². The zero-order valence-electron chi connectivity index (χ0n) is 14.5. The second kappa shape index (κ2) is 8.68. The Kier molecular flexibility index (Phi) is 6.51. The topological polar surface area (TPSA) is 97.6 Å². The van der Waals surface area contributed by atoms with Gasteiger partial charge in [0.15, 0.2) is 0 Å². The quantitative estimate of drug-likeness (QED) is 0.389. The van der Waals surface area contributed by atoms with E-state index in [1.54, 1.807) is 23.9 Å². The summed E-state index contributed by atoms with van der Waals surface area (Å²) in [7, 11) is 0. The van der Waals surface area contributed by atoms with Gasteiger partial charge in [0.2, 0.25) is 0 Å². The van der Waals surface area contributed by atoms with Crippen LogP contribution in [-0.4, -0.2) is 36.1 Å². The van der Waals surface area contributed by atoms with Crippen LogP contribution in [0.5, 0.6) is 0 Å². The van der Waals surface area contributed by atoms with Gasteiger partial charge in [-0.05, 0) is 48.2 Å². The van der Waals surface area contributed by atoms with E-state index in [0.717, 1.165) is 24.1 Å². The van der Waals surface area contributed by atoms with Gasteiger partial charge >= 0.3 is 5.97 Å². The Balaban J connectivity index is 1.95. The number of carbonyl (C=O) groups is 1. The summed E-state index contributed by atoms with van der Waals surface area (Å²) in [6.07, 6.45) is 5.31. The molecule has 1 N–H and O–H groups in total. The molecule has 0 fully saturated rings. The highest BCUT2D eigenvalue weighted by atomic mass is 79.9. The van der Waals surface area contributed by atoms with Crippen LogP contribution in [0.1, 0.15) is 37.1 Å². The number of halogens is 2. The zero-order valence-corrected chi connectivity index (χ0v) is 17.6. The maximum absolute atomic E-state index is 12.1. The van der Waals surface area contributed by atoms with Crippen molar-refractivity contribution in [1.82, 2.24) is 14.8 Å². The van der Waals surface area contributed by atoms with E-state index >= 15 is 0 Å². The Morgan fingerprint density at radius 3 is 3.00 bits per heavy atom. The molecule has 3 rings (SSSR count). The highest BCUT2D eigenvalue weighted by Gasteiger charge is 2.33. The van der Waals surface area contributed by atoms with Crippen molar-refractivity contribution in [3.63, 3.8) is 0 Å². The minimum Gasteiger partial charge on any atom is -0.465 e. The fourth-order valence-corrected chi connectivity index (χ4v) is 4.37. The number of fused-ring (bicyclic) bond motifs is 1. The third kappa shape index (κ3) is 4.34. The van der Waals surface area contributed by atoms with Crippen molar-refractivity contribution in [3.05, 3.63) is 39.3 Å². The minimum atomic E-state index is -2.28. The van der Waals surface area contributed by atoms with E-state index < -0.39 is 11.3 Å². The summed E-state index contributed by atoms with van der Waals surface area (Å²) in [6, 6.07) is 1.28. The van der Waals surface area contributed by atoms with Crippen LogP contribution in [0.2, 0.25) is 5.15 Å². The number of esters is 1. The summed E-state index contributed by atoms with van der Waals surface area (Å²) >= 11 is 6.96. The van der Waals surface area contributed by atoms with Crippen molar-refractivity contribution < 1.29 is 18.3 Å². The van der Waals surface area contributed by atoms with Gasteiger partial charge in [-0.3, -0.25) is 18.3 Å². The van der Waals surface area contributed by atoms with Gasteiger partial charge in [0.25, 0.3) is 11.3 Å². The second-order valence-corrected chi connectivity index (χ2v) is 8.01. The number of pyridine rings is 1. The van der Waals surface area contributed by atoms with E-state index in [9.17, 15) is 13.6 Å². The van der Waals surface area contributed by atoms with E-state index in [0.29, 0.717) is 23.2 Å². The molecule has 2 atom stereocenters. The maximum atomic E-state index is 12.1. The van der Waals surface area contributed by atoms with Gasteiger partial charge in [0, 0.05) is 11.3 Å². The van der Waals surface area contributed by atoms with Crippen LogP contribution in [0.25, 0.3) is 0 Å². The molecular formula is C16H18BrClN4O4S. The molecule has 1 aliphatic carbocycles. The normalized spacial score (nSPS) is 17.3. The molecule has 146 valence electrons. The van der Waals surface area contributed by atoms with Crippen molar-refractivity contribution in [3.8, 4) is 0 Å². The van der Waals surface area contributed by atoms with Crippen LogP contribution in [-0.2, 0) is 33.8 Å². The smallest absolute Gasteiger partial charge is 0.327 e. The van der Waals surface area contributed by atoms with Crippen LogP contribution in [0, 0.1) is 0 Å². The van der Waals surface area contributed by atoms with Crippen molar-refractivity contribution in [2.24, 2.45) is 0 Å². The van der Waals surface area contributed by atoms with E-state index in [1.165, 1.54) is 10.5 Å². The first-order valence-corrected chi connectivity index (χ1v) is 10.6. The van der Waals surface area contributed by atoms with Crippen LogP contribution < -0.4 is 4.31 Å². The van der Waals surface area contributed by atoms with Gasteiger partial charge in [-0.15, -0.1) is 0 Å². The summed E-state index contributed by atoms with van der Waals surface area (Å²) in [5.74, 6) is -0.362. The van der Waals surface area contributed by atoms with Crippen LogP contribution >= 0.6 is 27.5 Å². The van der Waals surface area contributed by atoms with E-state index in [-0.39, 0.29) is 23.7 Å². The molecule has 2 unspecified atom stereocenters. The third-order valence-corrected chi connectivity index (χ3v) is 6.24. The Morgan fingerprint density at radius 2 is 2.33 bits per heavy atom. The Bertz CT molecular complexity index is 878. The first kappa shape index (κ1) is 20.2. The Hall–Kier alpha value is -1.49. The van der Waals surface area contributed by atoms with Crippen LogP contribution in [0.4, 0.5) is 5.69 Å². The molecule has 0 bridgehead atoms. The van der Waals surface area contributed by atoms with Gasteiger partial charge in [-0.2, -0.15) is 5.10 Å². The first-order valence-electron chi connectivity index (χ1n) is 8.33. The molecule has 2 aromatic rings. The van der Waals surface area contributed by atoms with Gasteiger partial charge in [-0.25, -0.2) is 9.19 Å². The SMILES string of the molecule is CCOC(=O)Cn1ncc2c1CCCC2N(c1cnc(Cl)c(Br)c1)S(=O)O. The molecule has 1 aliphatic rings. The highest BCUT2D eigenvalue weighted by Crippen LogP contribution is 2.38. The number of hydrogen-bond donors (Lipinski definition) is 1. The summed E-state index contributed by atoms with van der Waals surface area (Å²) in [5, 5.41) is 4.57. The molecule has 11 heteroatoms. The lowest BCUT2D eigenvalue weighted by Crippen LogP contribution is -2.33. The number of ether oxygens (including phenoxy) is 1. The first-order chi connectivity index (χ1) is 12.9. The molecule has 2 heterocycles. The van der Waals surface area contributed by atoms with Crippen molar-refractivity contribution >= 4 is 50.5 Å². The molecule has 0 radical (unpaired) electrons. The summed E-state index contributed by atoms with van der Waals surface area (Å²) in [6.45, 7) is 2.08. The molecule has 0 aromatic carbocycles. The number of hydrogen-bond acceptors (Lipinski definition) is 5. The Labute approximate surface area is 172 Å². The lowest BCUT2D eigenvalue weighted by molar-refractivity contribution is -0.144. The predicted octanol–water partition coefficient (Wildman–Crippen LogP) is 3.28. The number of anilines is 1. The third-order valence-electron chi connectivity index (χ3n) is 4.30. The van der Waals surface area contributed by atoms with E-state index in [1.807, 2.05) is 0 Å². The number of aromatic nitrogens is 3. The van der Waals surface area contributed by atoms with Crippen molar-refractivity contribution in [2.45, 2.75) is 38.8 Å². The molecule has 0 amide bonds. The second-order valence-electron chi connectivity index (χ2n) is 5.94. The molecule has 2 aromatic heterocycles. The largest absolute Gasteiger partial charge is 0.465 e. The van der Waals surface area contributed by atoms with Crippen molar-refractivity contribution in [1.29, 1.82) is 0 Å². The van der Waals surface area contributed by atoms with Crippen molar-refractivity contribution in [2.75, 3.05) is 10.9 Å². The maximum Gasteiger partial charge on any atom is 0.327 e. The summed E-state index contributed by atoms with van der Waals surface area (Å²) < 4.78 is 30.6. The number of nitrogens with zero attached hydrogens (tertiary/aromatic N) is 4. The predicted molar refractivity (Wildman–Crippen MR) is 105 cm³/mol.